The van der Waals surface area contributed by atoms with Gasteiger partial charge in [0, 0.05) is 63.5 Å². The number of hydrogen-bond donors (Lipinski definition) is 1. The molecule has 43 heavy (non-hydrogen) atoms. The molecule has 2 saturated heterocycles. The first-order valence-electron chi connectivity index (χ1n) is 15.7. The van der Waals surface area contributed by atoms with E-state index in [-0.39, 0.29) is 30.0 Å². The Hall–Kier alpha value is -3.30. The number of rotatable bonds is 9. The van der Waals surface area contributed by atoms with Crippen LogP contribution in [-0.4, -0.2) is 92.6 Å². The van der Waals surface area contributed by atoms with E-state index in [4.69, 9.17) is 0 Å². The summed E-state index contributed by atoms with van der Waals surface area (Å²) in [5, 5.41) is 11.2. The quantitative estimate of drug-likeness (QED) is 0.386. The number of halogens is 1. The fourth-order valence-corrected chi connectivity index (χ4v) is 7.00. The number of piperidine rings is 1. The number of aliphatic hydroxyl groups is 1. The van der Waals surface area contributed by atoms with Crippen molar-refractivity contribution in [2.24, 2.45) is 11.8 Å². The molecule has 2 amide bonds. The third kappa shape index (κ3) is 6.93. The highest BCUT2D eigenvalue weighted by molar-refractivity contribution is 5.99. The average Bonchev–Trinajstić information content (AvgIpc) is 3.56. The summed E-state index contributed by atoms with van der Waals surface area (Å²) in [4.78, 5) is 36.1. The second kappa shape index (κ2) is 13.1. The summed E-state index contributed by atoms with van der Waals surface area (Å²) in [5.41, 5.74) is 4.06. The van der Waals surface area contributed by atoms with Crippen molar-refractivity contribution in [3.05, 3.63) is 59.3 Å². The van der Waals surface area contributed by atoms with Crippen LogP contribution in [0.3, 0.4) is 0 Å². The maximum absolute atomic E-state index is 14.6. The van der Waals surface area contributed by atoms with Gasteiger partial charge in [-0.05, 0) is 101 Å². The molecular weight excluding hydrogens is 545 g/mol. The van der Waals surface area contributed by atoms with Crippen LogP contribution in [0.25, 0.3) is 16.6 Å². The number of amides is 2. The number of likely N-dealkylation sites (tertiary alicyclic amines) is 2. The lowest BCUT2D eigenvalue weighted by atomic mass is 9.96. The van der Waals surface area contributed by atoms with E-state index in [1.165, 1.54) is 17.7 Å². The Balaban J connectivity index is 1.39. The molecule has 0 spiro atoms. The summed E-state index contributed by atoms with van der Waals surface area (Å²) in [5.74, 6) is 0.546. The van der Waals surface area contributed by atoms with Gasteiger partial charge in [0.05, 0.1) is 29.1 Å². The standard InChI is InChI=1S/C34H46FN5O3/c1-22(2)39(18-24(4)41)34(43)30-15-29(35)6-7-31(30)40-21-28(33-23(3)16-36-17-32(33)40)14-27-8-11-37(20-27)19-26-9-12-38(13-10-26)25(5)42/h6-7,15-17,21-22,24,26-27,41H,8-14,18-20H2,1-5H3/t24?,27-/m0/s1. The van der Waals surface area contributed by atoms with Crippen molar-refractivity contribution in [2.75, 3.05) is 39.3 Å². The van der Waals surface area contributed by atoms with Crippen molar-refractivity contribution in [1.29, 1.82) is 0 Å². The van der Waals surface area contributed by atoms with Crippen LogP contribution < -0.4 is 0 Å². The molecule has 0 saturated carbocycles. The van der Waals surface area contributed by atoms with Crippen LogP contribution in [0.4, 0.5) is 4.39 Å². The van der Waals surface area contributed by atoms with Crippen LogP contribution in [0.5, 0.6) is 0 Å². The number of aryl methyl sites for hydroxylation is 1. The zero-order chi connectivity index (χ0) is 30.8. The average molecular weight is 592 g/mol. The fourth-order valence-electron chi connectivity index (χ4n) is 7.00. The molecule has 2 aromatic heterocycles. The first-order valence-corrected chi connectivity index (χ1v) is 15.7. The molecule has 3 aromatic rings. The summed E-state index contributed by atoms with van der Waals surface area (Å²) in [6.07, 6.45) is 9.31. The molecule has 8 nitrogen and oxygen atoms in total. The Kier molecular flexibility index (Phi) is 9.51. The molecule has 2 aliphatic heterocycles. The summed E-state index contributed by atoms with van der Waals surface area (Å²) in [6, 6.07) is 4.21. The number of carbonyl (C=O) groups is 2. The lowest BCUT2D eigenvalue weighted by Crippen LogP contribution is -2.41. The minimum Gasteiger partial charge on any atom is -0.392 e. The van der Waals surface area contributed by atoms with Gasteiger partial charge in [-0.15, -0.1) is 0 Å². The summed E-state index contributed by atoms with van der Waals surface area (Å²) < 4.78 is 16.6. The Labute approximate surface area is 254 Å². The number of hydrogen-bond acceptors (Lipinski definition) is 5. The third-order valence-corrected chi connectivity index (χ3v) is 9.23. The van der Waals surface area contributed by atoms with E-state index < -0.39 is 11.9 Å². The molecular formula is C34H46FN5O3. The molecule has 1 N–H and O–H groups in total. The molecule has 0 bridgehead atoms. The van der Waals surface area contributed by atoms with Crippen molar-refractivity contribution < 1.29 is 19.1 Å². The maximum atomic E-state index is 14.6. The van der Waals surface area contributed by atoms with Crippen LogP contribution >= 0.6 is 0 Å². The van der Waals surface area contributed by atoms with E-state index in [9.17, 15) is 19.1 Å². The van der Waals surface area contributed by atoms with Gasteiger partial charge in [0.2, 0.25) is 5.91 Å². The second-order valence-electron chi connectivity index (χ2n) is 13.0. The van der Waals surface area contributed by atoms with Crippen molar-refractivity contribution in [2.45, 2.75) is 72.4 Å². The number of fused-ring (bicyclic) bond motifs is 1. The zero-order valence-electron chi connectivity index (χ0n) is 26.2. The van der Waals surface area contributed by atoms with Crippen LogP contribution in [0.15, 0.2) is 36.8 Å². The number of pyridine rings is 1. The number of aromatic nitrogens is 2. The smallest absolute Gasteiger partial charge is 0.256 e. The van der Waals surface area contributed by atoms with Crippen molar-refractivity contribution in [3.8, 4) is 5.69 Å². The molecule has 232 valence electrons. The van der Waals surface area contributed by atoms with E-state index in [1.807, 2.05) is 35.7 Å². The molecule has 9 heteroatoms. The van der Waals surface area contributed by atoms with Crippen LogP contribution in [0, 0.1) is 24.6 Å². The second-order valence-corrected chi connectivity index (χ2v) is 13.0. The molecule has 0 aliphatic carbocycles. The minimum atomic E-state index is -0.700. The van der Waals surface area contributed by atoms with Gasteiger partial charge in [-0.25, -0.2) is 4.39 Å². The zero-order valence-corrected chi connectivity index (χ0v) is 26.2. The summed E-state index contributed by atoms with van der Waals surface area (Å²) in [7, 11) is 0. The van der Waals surface area contributed by atoms with E-state index >= 15 is 0 Å². The predicted molar refractivity (Wildman–Crippen MR) is 167 cm³/mol. The Morgan fingerprint density at radius 3 is 2.49 bits per heavy atom. The lowest BCUT2D eigenvalue weighted by Gasteiger charge is -2.33. The Morgan fingerprint density at radius 2 is 1.81 bits per heavy atom. The largest absolute Gasteiger partial charge is 0.392 e. The first kappa shape index (κ1) is 31.1. The molecule has 2 aliphatic rings. The van der Waals surface area contributed by atoms with Crippen molar-refractivity contribution in [3.63, 3.8) is 0 Å². The van der Waals surface area contributed by atoms with Gasteiger partial charge in [-0.1, -0.05) is 0 Å². The highest BCUT2D eigenvalue weighted by Crippen LogP contribution is 2.33. The lowest BCUT2D eigenvalue weighted by molar-refractivity contribution is -0.130. The summed E-state index contributed by atoms with van der Waals surface area (Å²) in [6.45, 7) is 14.3. The Bertz CT molecular complexity index is 1460. The van der Waals surface area contributed by atoms with Crippen molar-refractivity contribution >= 4 is 22.7 Å². The van der Waals surface area contributed by atoms with Crippen molar-refractivity contribution in [1.82, 2.24) is 24.3 Å². The maximum Gasteiger partial charge on any atom is 0.256 e. The predicted octanol–water partition coefficient (Wildman–Crippen LogP) is 4.83. The highest BCUT2D eigenvalue weighted by Gasteiger charge is 2.29. The van der Waals surface area contributed by atoms with Gasteiger partial charge >= 0.3 is 0 Å². The van der Waals surface area contributed by atoms with Crippen LogP contribution in [0.2, 0.25) is 0 Å². The fraction of sp³-hybridized carbons (Fsp3) is 0.559. The third-order valence-electron chi connectivity index (χ3n) is 9.23. The molecule has 2 fully saturated rings. The van der Waals surface area contributed by atoms with E-state index in [2.05, 4.69) is 23.0 Å². The SMILES string of the molecule is CC(=O)N1CCC(CN2CC[C@@H](Cc3cn(-c4ccc(F)cc4C(=O)N(CC(C)O)C(C)C)c4cncc(C)c34)C2)CC1. The van der Waals surface area contributed by atoms with Gasteiger partial charge in [-0.3, -0.25) is 14.6 Å². The van der Waals surface area contributed by atoms with Gasteiger partial charge in [-0.2, -0.15) is 0 Å². The van der Waals surface area contributed by atoms with E-state index in [0.29, 0.717) is 17.5 Å². The first-order chi connectivity index (χ1) is 20.5. The molecule has 4 heterocycles. The molecule has 2 atom stereocenters. The Morgan fingerprint density at radius 1 is 1.09 bits per heavy atom. The molecule has 0 radical (unpaired) electrons. The molecule has 5 rings (SSSR count). The topological polar surface area (TPSA) is 81.9 Å². The molecule has 1 aromatic carbocycles. The monoisotopic (exact) mass is 591 g/mol. The number of benzene rings is 1. The van der Waals surface area contributed by atoms with Crippen LogP contribution in [-0.2, 0) is 11.2 Å². The van der Waals surface area contributed by atoms with Gasteiger partial charge in [0.15, 0.2) is 0 Å². The molecule has 1 unspecified atom stereocenters. The summed E-state index contributed by atoms with van der Waals surface area (Å²) >= 11 is 0. The van der Waals surface area contributed by atoms with E-state index in [1.54, 1.807) is 24.8 Å². The number of carbonyl (C=O) groups excluding carboxylic acids is 2. The van der Waals surface area contributed by atoms with E-state index in [0.717, 1.165) is 74.9 Å². The van der Waals surface area contributed by atoms with Gasteiger partial charge in [0.25, 0.3) is 5.91 Å². The van der Waals surface area contributed by atoms with Crippen LogP contribution in [0.1, 0.15) is 68.4 Å². The minimum absolute atomic E-state index is 0.161. The highest BCUT2D eigenvalue weighted by atomic mass is 19.1. The van der Waals surface area contributed by atoms with Gasteiger partial charge in [0.1, 0.15) is 5.82 Å². The number of nitrogens with zero attached hydrogens (tertiary/aromatic N) is 5. The van der Waals surface area contributed by atoms with Gasteiger partial charge < -0.3 is 24.4 Å². The number of aliphatic hydroxyl groups excluding tert-OH is 1. The normalized spacial score (nSPS) is 19.0.